The summed E-state index contributed by atoms with van der Waals surface area (Å²) in [5.41, 5.74) is 0. The molecule has 0 amide bonds. The lowest BCUT2D eigenvalue weighted by Gasteiger charge is -2.38. The average Bonchev–Trinajstić information content (AvgIpc) is 2.31. The third-order valence-corrected chi connectivity index (χ3v) is 3.89. The van der Waals surface area contributed by atoms with Gasteiger partial charge in [-0.25, -0.2) is 0 Å². The first kappa shape index (κ1) is 11.3. The minimum absolute atomic E-state index is 0. The van der Waals surface area contributed by atoms with Gasteiger partial charge in [-0.05, 0) is 45.1 Å². The zero-order valence-electron chi connectivity index (χ0n) is 8.83. The molecule has 2 saturated carbocycles. The SMILES string of the molecule is CC1CCC(N(C)C2CCC2)C1.Cl. The Kier molecular flexibility index (Phi) is 4.06. The third-order valence-electron chi connectivity index (χ3n) is 3.89. The summed E-state index contributed by atoms with van der Waals surface area (Å²) in [5.74, 6) is 0.984. The summed E-state index contributed by atoms with van der Waals surface area (Å²) >= 11 is 0. The molecule has 2 unspecified atom stereocenters. The lowest BCUT2D eigenvalue weighted by atomic mass is 9.90. The summed E-state index contributed by atoms with van der Waals surface area (Å²) in [5, 5.41) is 0. The molecule has 2 fully saturated rings. The van der Waals surface area contributed by atoms with E-state index in [-0.39, 0.29) is 12.4 Å². The molecule has 2 aliphatic rings. The molecule has 0 bridgehead atoms. The van der Waals surface area contributed by atoms with Crippen molar-refractivity contribution in [3.8, 4) is 0 Å². The predicted molar refractivity (Wildman–Crippen MR) is 59.5 cm³/mol. The Hall–Kier alpha value is 0.250. The lowest BCUT2D eigenvalue weighted by molar-refractivity contribution is 0.110. The zero-order valence-corrected chi connectivity index (χ0v) is 9.65. The monoisotopic (exact) mass is 203 g/mol. The maximum Gasteiger partial charge on any atom is 0.00977 e. The minimum atomic E-state index is 0. The lowest BCUT2D eigenvalue weighted by Crippen LogP contribution is -2.42. The topological polar surface area (TPSA) is 3.24 Å². The van der Waals surface area contributed by atoms with Crippen molar-refractivity contribution in [2.24, 2.45) is 5.92 Å². The summed E-state index contributed by atoms with van der Waals surface area (Å²) < 4.78 is 0. The molecule has 0 N–H and O–H groups in total. The summed E-state index contributed by atoms with van der Waals surface area (Å²) in [6.45, 7) is 2.40. The van der Waals surface area contributed by atoms with Crippen molar-refractivity contribution in [2.75, 3.05) is 7.05 Å². The van der Waals surface area contributed by atoms with E-state index >= 15 is 0 Å². The van der Waals surface area contributed by atoms with Gasteiger partial charge in [0.25, 0.3) is 0 Å². The van der Waals surface area contributed by atoms with Gasteiger partial charge in [0.15, 0.2) is 0 Å². The molecule has 1 nitrogen and oxygen atoms in total. The van der Waals surface area contributed by atoms with Gasteiger partial charge < -0.3 is 4.90 Å². The van der Waals surface area contributed by atoms with Crippen LogP contribution in [-0.2, 0) is 0 Å². The highest BCUT2D eigenvalue weighted by Gasteiger charge is 2.31. The van der Waals surface area contributed by atoms with Crippen molar-refractivity contribution < 1.29 is 0 Å². The molecule has 0 aromatic carbocycles. The Labute approximate surface area is 88.3 Å². The van der Waals surface area contributed by atoms with Crippen LogP contribution < -0.4 is 0 Å². The Balaban J connectivity index is 0.000000845. The van der Waals surface area contributed by atoms with Gasteiger partial charge in [0.1, 0.15) is 0 Å². The molecule has 0 radical (unpaired) electrons. The highest BCUT2D eigenvalue weighted by atomic mass is 35.5. The molecule has 2 atom stereocenters. The molecule has 2 heteroatoms. The standard InChI is InChI=1S/C11H21N.ClH/c1-9-6-7-11(8-9)12(2)10-4-3-5-10;/h9-11H,3-8H2,1-2H3;1H. The number of hydrogen-bond acceptors (Lipinski definition) is 1. The molecule has 2 aliphatic carbocycles. The van der Waals surface area contributed by atoms with Crippen molar-refractivity contribution in [2.45, 2.75) is 57.5 Å². The van der Waals surface area contributed by atoms with Crippen LogP contribution >= 0.6 is 12.4 Å². The first-order chi connectivity index (χ1) is 5.77. The van der Waals surface area contributed by atoms with Gasteiger partial charge in [-0.15, -0.1) is 12.4 Å². The van der Waals surface area contributed by atoms with Crippen LogP contribution in [0, 0.1) is 5.92 Å². The summed E-state index contributed by atoms with van der Waals surface area (Å²) in [6.07, 6.45) is 8.75. The van der Waals surface area contributed by atoms with E-state index in [4.69, 9.17) is 0 Å². The molecule has 0 heterocycles. The van der Waals surface area contributed by atoms with Gasteiger partial charge in [0.05, 0.1) is 0 Å². The van der Waals surface area contributed by atoms with Crippen LogP contribution in [0.5, 0.6) is 0 Å². The first-order valence-corrected chi connectivity index (χ1v) is 5.49. The van der Waals surface area contributed by atoms with Gasteiger partial charge in [-0.1, -0.05) is 13.3 Å². The van der Waals surface area contributed by atoms with Crippen molar-refractivity contribution in [3.63, 3.8) is 0 Å². The van der Waals surface area contributed by atoms with Gasteiger partial charge >= 0.3 is 0 Å². The second-order valence-electron chi connectivity index (χ2n) is 4.82. The van der Waals surface area contributed by atoms with Crippen LogP contribution in [0.1, 0.15) is 45.4 Å². The smallest absolute Gasteiger partial charge is 0.00977 e. The van der Waals surface area contributed by atoms with Gasteiger partial charge in [-0.3, -0.25) is 0 Å². The van der Waals surface area contributed by atoms with E-state index in [1.54, 1.807) is 0 Å². The fourth-order valence-electron chi connectivity index (χ4n) is 2.64. The van der Waals surface area contributed by atoms with Crippen molar-refractivity contribution in [1.29, 1.82) is 0 Å². The number of rotatable bonds is 2. The van der Waals surface area contributed by atoms with Crippen LogP contribution in [-0.4, -0.2) is 24.0 Å². The highest BCUT2D eigenvalue weighted by molar-refractivity contribution is 5.85. The quantitative estimate of drug-likeness (QED) is 0.667. The fourth-order valence-corrected chi connectivity index (χ4v) is 2.64. The summed E-state index contributed by atoms with van der Waals surface area (Å²) in [6, 6.07) is 1.87. The molecule has 0 saturated heterocycles. The second-order valence-corrected chi connectivity index (χ2v) is 4.82. The van der Waals surface area contributed by atoms with Crippen molar-refractivity contribution >= 4 is 12.4 Å². The van der Waals surface area contributed by atoms with Crippen molar-refractivity contribution in [3.05, 3.63) is 0 Å². The molecular weight excluding hydrogens is 182 g/mol. The highest BCUT2D eigenvalue weighted by Crippen LogP contribution is 2.33. The van der Waals surface area contributed by atoms with Crippen LogP contribution in [0.3, 0.4) is 0 Å². The van der Waals surface area contributed by atoms with Gasteiger partial charge in [0.2, 0.25) is 0 Å². The molecule has 0 aromatic rings. The van der Waals surface area contributed by atoms with E-state index in [0.717, 1.165) is 18.0 Å². The summed E-state index contributed by atoms with van der Waals surface area (Å²) in [7, 11) is 2.34. The van der Waals surface area contributed by atoms with Crippen LogP contribution in [0.4, 0.5) is 0 Å². The van der Waals surface area contributed by atoms with Crippen LogP contribution in [0.15, 0.2) is 0 Å². The van der Waals surface area contributed by atoms with E-state index in [9.17, 15) is 0 Å². The Morgan fingerprint density at radius 3 is 2.08 bits per heavy atom. The number of hydrogen-bond donors (Lipinski definition) is 0. The number of nitrogens with zero attached hydrogens (tertiary/aromatic N) is 1. The van der Waals surface area contributed by atoms with Gasteiger partial charge in [-0.2, -0.15) is 0 Å². The molecular formula is C11H22ClN. The minimum Gasteiger partial charge on any atom is -0.300 e. The molecule has 0 spiro atoms. The molecule has 0 aromatic heterocycles. The van der Waals surface area contributed by atoms with E-state index in [2.05, 4.69) is 18.9 Å². The Morgan fingerprint density at radius 2 is 1.69 bits per heavy atom. The third kappa shape index (κ3) is 2.38. The Morgan fingerprint density at radius 1 is 1.00 bits per heavy atom. The maximum absolute atomic E-state index is 2.66. The summed E-state index contributed by atoms with van der Waals surface area (Å²) in [4.78, 5) is 2.66. The van der Waals surface area contributed by atoms with E-state index in [1.807, 2.05) is 0 Å². The Bertz CT molecular complexity index is 156. The van der Waals surface area contributed by atoms with E-state index in [1.165, 1.54) is 38.5 Å². The molecule has 78 valence electrons. The predicted octanol–water partition coefficient (Wildman–Crippen LogP) is 3.08. The fraction of sp³-hybridized carbons (Fsp3) is 1.00. The maximum atomic E-state index is 2.66. The average molecular weight is 204 g/mol. The van der Waals surface area contributed by atoms with E-state index < -0.39 is 0 Å². The van der Waals surface area contributed by atoms with Crippen LogP contribution in [0.25, 0.3) is 0 Å². The normalized spacial score (nSPS) is 34.4. The van der Waals surface area contributed by atoms with Crippen LogP contribution in [0.2, 0.25) is 0 Å². The van der Waals surface area contributed by atoms with Crippen molar-refractivity contribution in [1.82, 2.24) is 4.90 Å². The molecule has 13 heavy (non-hydrogen) atoms. The van der Waals surface area contributed by atoms with Gasteiger partial charge in [0, 0.05) is 12.1 Å². The molecule has 0 aliphatic heterocycles. The zero-order chi connectivity index (χ0) is 8.55. The largest absolute Gasteiger partial charge is 0.300 e. The number of halogens is 1. The van der Waals surface area contributed by atoms with E-state index in [0.29, 0.717) is 0 Å². The molecule has 2 rings (SSSR count). The first-order valence-electron chi connectivity index (χ1n) is 5.49. The second kappa shape index (κ2) is 4.65.